The molecule has 0 aliphatic carbocycles. The van der Waals surface area contributed by atoms with Gasteiger partial charge in [-0.2, -0.15) is 17.6 Å². The zero-order valence-corrected chi connectivity index (χ0v) is 14.6. The fourth-order valence-electron chi connectivity index (χ4n) is 1.93. The van der Waals surface area contributed by atoms with Crippen molar-refractivity contribution >= 4 is 27.3 Å². The molecule has 0 radical (unpaired) electrons. The molecule has 0 spiro atoms. The quantitative estimate of drug-likeness (QED) is 0.687. The Kier molecular flexibility index (Phi) is 5.94. The molecule has 0 unspecified atom stereocenters. The highest BCUT2D eigenvalue weighted by atomic mass is 32.2. The Morgan fingerprint density at radius 2 is 1.52 bits per heavy atom. The average molecular weight is 406 g/mol. The highest BCUT2D eigenvalue weighted by Gasteiger charge is 2.43. The molecular weight excluding hydrogens is 392 g/mol. The van der Waals surface area contributed by atoms with Gasteiger partial charge in [0, 0.05) is 18.3 Å². The summed E-state index contributed by atoms with van der Waals surface area (Å²) in [6, 6.07) is 9.31. The van der Waals surface area contributed by atoms with Gasteiger partial charge in [-0.05, 0) is 48.5 Å². The number of amides is 1. The third-order valence-electron chi connectivity index (χ3n) is 3.10. The number of sulfonamides is 1. The predicted octanol–water partition coefficient (Wildman–Crippen LogP) is 3.68. The van der Waals surface area contributed by atoms with Gasteiger partial charge >= 0.3 is 12.5 Å². The molecule has 11 heteroatoms. The van der Waals surface area contributed by atoms with E-state index in [-0.39, 0.29) is 16.5 Å². The number of benzene rings is 2. The summed E-state index contributed by atoms with van der Waals surface area (Å²) in [5.41, 5.74) is 0.413. The number of rotatable bonds is 7. The van der Waals surface area contributed by atoms with Gasteiger partial charge in [0.05, 0.1) is 4.90 Å². The van der Waals surface area contributed by atoms with Gasteiger partial charge in [-0.3, -0.25) is 9.52 Å². The first-order valence-corrected chi connectivity index (χ1v) is 8.83. The van der Waals surface area contributed by atoms with Gasteiger partial charge in [-0.15, -0.1) is 0 Å². The molecule has 2 N–H and O–H groups in total. The summed E-state index contributed by atoms with van der Waals surface area (Å²) < 4.78 is 80.5. The largest absolute Gasteiger partial charge is 0.461 e. The van der Waals surface area contributed by atoms with Crippen LogP contribution >= 0.6 is 0 Å². The lowest BCUT2D eigenvalue weighted by Crippen LogP contribution is -2.33. The minimum Gasteiger partial charge on any atom is -0.428 e. The molecule has 0 heterocycles. The maximum absolute atomic E-state index is 12.8. The van der Waals surface area contributed by atoms with Crippen molar-refractivity contribution in [3.05, 3.63) is 48.5 Å². The van der Waals surface area contributed by atoms with Gasteiger partial charge in [-0.25, -0.2) is 8.42 Å². The van der Waals surface area contributed by atoms with E-state index in [0.717, 1.165) is 24.3 Å². The smallest absolute Gasteiger partial charge is 0.428 e. The van der Waals surface area contributed by atoms with E-state index in [9.17, 15) is 30.8 Å². The van der Waals surface area contributed by atoms with E-state index in [4.69, 9.17) is 0 Å². The first-order valence-electron chi connectivity index (χ1n) is 7.35. The molecular formula is C16H14F4N2O4S. The Balaban J connectivity index is 2.10. The van der Waals surface area contributed by atoms with E-state index in [1.807, 2.05) is 0 Å². The number of nitrogens with one attached hydrogen (secondary N) is 2. The molecule has 0 aliphatic rings. The van der Waals surface area contributed by atoms with E-state index in [1.165, 1.54) is 31.2 Å². The summed E-state index contributed by atoms with van der Waals surface area (Å²) in [7, 11) is -3.99. The van der Waals surface area contributed by atoms with Crippen LogP contribution in [0, 0.1) is 0 Å². The minimum absolute atomic E-state index is 0.00801. The summed E-state index contributed by atoms with van der Waals surface area (Å²) >= 11 is 0. The average Bonchev–Trinajstić information content (AvgIpc) is 2.56. The maximum Gasteiger partial charge on any atom is 0.461 e. The minimum atomic E-state index is -4.66. The lowest BCUT2D eigenvalue weighted by molar-refractivity contribution is -0.253. The molecule has 0 aliphatic heterocycles. The maximum atomic E-state index is 12.8. The summed E-state index contributed by atoms with van der Waals surface area (Å²) in [6.45, 7) is 1.30. The molecule has 0 bridgehead atoms. The molecule has 6 nitrogen and oxygen atoms in total. The molecule has 0 saturated carbocycles. The SMILES string of the molecule is CC(=O)Nc1ccc(S(=O)(=O)Nc2ccc(OC(F)(F)C(F)F)cc2)cc1. The Bertz CT molecular complexity index is 901. The number of alkyl halides is 4. The lowest BCUT2D eigenvalue weighted by atomic mass is 10.3. The Morgan fingerprint density at radius 3 is 2.00 bits per heavy atom. The third kappa shape index (κ3) is 5.58. The topological polar surface area (TPSA) is 84.5 Å². The molecule has 2 rings (SSSR count). The lowest BCUT2D eigenvalue weighted by Gasteiger charge is -2.17. The molecule has 2 aromatic rings. The Hall–Kier alpha value is -2.82. The van der Waals surface area contributed by atoms with E-state index >= 15 is 0 Å². The second kappa shape index (κ2) is 7.82. The number of anilines is 2. The van der Waals surface area contributed by atoms with Gasteiger partial charge in [0.15, 0.2) is 0 Å². The van der Waals surface area contributed by atoms with Crippen molar-refractivity contribution in [1.82, 2.24) is 0 Å². The van der Waals surface area contributed by atoms with Crippen LogP contribution in [0.2, 0.25) is 0 Å². The van der Waals surface area contributed by atoms with Crippen LogP contribution in [0.15, 0.2) is 53.4 Å². The molecule has 2 aromatic carbocycles. The van der Waals surface area contributed by atoms with Crippen LogP contribution in [0.25, 0.3) is 0 Å². The molecule has 27 heavy (non-hydrogen) atoms. The Morgan fingerprint density at radius 1 is 1.00 bits per heavy atom. The van der Waals surface area contributed by atoms with Crippen LogP contribution in [0.4, 0.5) is 28.9 Å². The van der Waals surface area contributed by atoms with Gasteiger partial charge in [-0.1, -0.05) is 0 Å². The van der Waals surface area contributed by atoms with Crippen LogP contribution in [0.5, 0.6) is 5.75 Å². The van der Waals surface area contributed by atoms with Crippen LogP contribution < -0.4 is 14.8 Å². The number of ether oxygens (including phenoxy) is 1. The number of halogens is 4. The van der Waals surface area contributed by atoms with E-state index in [1.54, 1.807) is 0 Å². The van der Waals surface area contributed by atoms with E-state index in [2.05, 4.69) is 14.8 Å². The summed E-state index contributed by atoms with van der Waals surface area (Å²) in [6.07, 6.45) is -8.66. The fraction of sp³-hybridized carbons (Fsp3) is 0.188. The summed E-state index contributed by atoms with van der Waals surface area (Å²) in [5.74, 6) is -0.869. The zero-order valence-electron chi connectivity index (χ0n) is 13.7. The number of hydrogen-bond acceptors (Lipinski definition) is 4. The summed E-state index contributed by atoms with van der Waals surface area (Å²) in [5, 5.41) is 2.48. The fourth-order valence-corrected chi connectivity index (χ4v) is 2.99. The standard InChI is InChI=1S/C16H14F4N2O4S/c1-10(23)21-11-4-8-14(9-5-11)27(24,25)22-12-2-6-13(7-3-12)26-16(19,20)15(17)18/h2-9,15,22H,1H3,(H,21,23). The molecule has 0 saturated heterocycles. The van der Waals surface area contributed by atoms with Crippen LogP contribution in [-0.2, 0) is 14.8 Å². The monoisotopic (exact) mass is 406 g/mol. The molecule has 0 aromatic heterocycles. The van der Waals surface area contributed by atoms with Crippen molar-refractivity contribution in [2.75, 3.05) is 10.0 Å². The number of hydrogen-bond donors (Lipinski definition) is 2. The summed E-state index contributed by atoms with van der Waals surface area (Å²) in [4.78, 5) is 10.8. The normalized spacial score (nSPS) is 11.9. The van der Waals surface area contributed by atoms with Gasteiger partial charge in [0.25, 0.3) is 10.0 Å². The highest BCUT2D eigenvalue weighted by Crippen LogP contribution is 2.28. The van der Waals surface area contributed by atoms with Crippen molar-refractivity contribution in [2.24, 2.45) is 0 Å². The molecule has 146 valence electrons. The van der Waals surface area contributed by atoms with Gasteiger partial charge < -0.3 is 10.1 Å². The second-order valence-corrected chi connectivity index (χ2v) is 6.98. The van der Waals surface area contributed by atoms with Crippen LogP contribution in [0.1, 0.15) is 6.92 Å². The number of carbonyl (C=O) groups is 1. The van der Waals surface area contributed by atoms with E-state index < -0.39 is 28.3 Å². The second-order valence-electron chi connectivity index (χ2n) is 5.30. The molecule has 0 fully saturated rings. The van der Waals surface area contributed by atoms with Crippen molar-refractivity contribution in [1.29, 1.82) is 0 Å². The predicted molar refractivity (Wildman–Crippen MR) is 89.6 cm³/mol. The number of carbonyl (C=O) groups excluding carboxylic acids is 1. The molecule has 1 amide bonds. The van der Waals surface area contributed by atoms with Gasteiger partial charge in [0.1, 0.15) is 5.75 Å². The zero-order chi connectivity index (χ0) is 20.2. The van der Waals surface area contributed by atoms with Crippen molar-refractivity contribution in [3.63, 3.8) is 0 Å². The van der Waals surface area contributed by atoms with Crippen LogP contribution in [-0.4, -0.2) is 26.9 Å². The van der Waals surface area contributed by atoms with Crippen molar-refractivity contribution < 1.29 is 35.5 Å². The van der Waals surface area contributed by atoms with Crippen molar-refractivity contribution in [3.8, 4) is 5.75 Å². The highest BCUT2D eigenvalue weighted by molar-refractivity contribution is 7.92. The molecule has 0 atom stereocenters. The Labute approximate surface area is 152 Å². The van der Waals surface area contributed by atoms with Crippen molar-refractivity contribution in [2.45, 2.75) is 24.4 Å². The first-order chi connectivity index (χ1) is 12.5. The third-order valence-corrected chi connectivity index (χ3v) is 4.50. The first kappa shape index (κ1) is 20.5. The van der Waals surface area contributed by atoms with E-state index in [0.29, 0.717) is 5.69 Å². The van der Waals surface area contributed by atoms with Crippen LogP contribution in [0.3, 0.4) is 0 Å². The van der Waals surface area contributed by atoms with Gasteiger partial charge in [0.2, 0.25) is 5.91 Å².